The molecule has 0 saturated carbocycles. The fourth-order valence-corrected chi connectivity index (χ4v) is 1.77. The zero-order valence-corrected chi connectivity index (χ0v) is 10.3. The van der Waals surface area contributed by atoms with Crippen LogP contribution < -0.4 is 0 Å². The van der Waals surface area contributed by atoms with E-state index in [9.17, 15) is 8.78 Å². The monoisotopic (exact) mass is 247 g/mol. The van der Waals surface area contributed by atoms with Gasteiger partial charge in [0, 0.05) is 5.69 Å². The van der Waals surface area contributed by atoms with E-state index >= 15 is 0 Å². The van der Waals surface area contributed by atoms with Crippen molar-refractivity contribution >= 4 is 0 Å². The van der Waals surface area contributed by atoms with E-state index in [2.05, 4.69) is 5.10 Å². The number of nitrogens with zero attached hydrogens (tertiary/aromatic N) is 3. The van der Waals surface area contributed by atoms with E-state index in [1.54, 1.807) is 19.9 Å². The third-order valence-electron chi connectivity index (χ3n) is 3.01. The van der Waals surface area contributed by atoms with Gasteiger partial charge in [-0.05, 0) is 38.5 Å². The summed E-state index contributed by atoms with van der Waals surface area (Å²) in [6.45, 7) is 5.36. The Labute approximate surface area is 103 Å². The van der Waals surface area contributed by atoms with Gasteiger partial charge in [-0.3, -0.25) is 0 Å². The molecule has 0 spiro atoms. The third-order valence-corrected chi connectivity index (χ3v) is 3.01. The number of hydrogen-bond acceptors (Lipinski definition) is 2. The van der Waals surface area contributed by atoms with Crippen molar-refractivity contribution in [3.05, 3.63) is 46.3 Å². The first-order valence-corrected chi connectivity index (χ1v) is 5.38. The van der Waals surface area contributed by atoms with Gasteiger partial charge in [0.25, 0.3) is 0 Å². The Balaban J connectivity index is 2.72. The molecule has 0 fully saturated rings. The van der Waals surface area contributed by atoms with Crippen molar-refractivity contribution in [3.63, 3.8) is 0 Å². The van der Waals surface area contributed by atoms with E-state index in [-0.39, 0.29) is 11.3 Å². The van der Waals surface area contributed by atoms with Gasteiger partial charge in [-0.15, -0.1) is 0 Å². The van der Waals surface area contributed by atoms with Crippen LogP contribution in [0.15, 0.2) is 12.1 Å². The topological polar surface area (TPSA) is 41.6 Å². The molecule has 3 nitrogen and oxygen atoms in total. The lowest BCUT2D eigenvalue weighted by Crippen LogP contribution is -2.06. The molecule has 1 heterocycles. The maximum atomic E-state index is 13.9. The molecule has 0 aliphatic carbocycles. The summed E-state index contributed by atoms with van der Waals surface area (Å²) in [6, 6.07) is 3.72. The predicted octanol–water partition coefficient (Wildman–Crippen LogP) is 2.95. The Kier molecular flexibility index (Phi) is 2.87. The molecule has 0 aliphatic heterocycles. The lowest BCUT2D eigenvalue weighted by Gasteiger charge is -2.07. The summed E-state index contributed by atoms with van der Waals surface area (Å²) in [7, 11) is 0. The maximum absolute atomic E-state index is 13.9. The molecule has 1 aromatic heterocycles. The molecule has 5 heteroatoms. The Bertz CT molecular complexity index is 643. The lowest BCUT2D eigenvalue weighted by molar-refractivity contribution is 0.556. The molecule has 0 aliphatic rings. The number of halogens is 2. The van der Waals surface area contributed by atoms with Crippen LogP contribution in [0.3, 0.4) is 0 Å². The van der Waals surface area contributed by atoms with Crippen molar-refractivity contribution in [1.29, 1.82) is 5.26 Å². The van der Waals surface area contributed by atoms with Crippen molar-refractivity contribution in [3.8, 4) is 11.8 Å². The molecule has 1 aromatic carbocycles. The fourth-order valence-electron chi connectivity index (χ4n) is 1.77. The number of aromatic nitrogens is 2. The summed E-state index contributed by atoms with van der Waals surface area (Å²) in [4.78, 5) is 0. The first kappa shape index (κ1) is 12.2. The predicted molar refractivity (Wildman–Crippen MR) is 62.4 cm³/mol. The Morgan fingerprint density at radius 3 is 2.11 bits per heavy atom. The molecular formula is C13H11F2N3. The normalized spacial score (nSPS) is 10.4. The zero-order chi connectivity index (χ0) is 13.4. The second-order valence-electron chi connectivity index (χ2n) is 4.11. The number of aryl methyl sites for hydroxylation is 1. The van der Waals surface area contributed by atoms with Gasteiger partial charge in [0.2, 0.25) is 0 Å². The minimum absolute atomic E-state index is 0.0491. The average Bonchev–Trinajstić information content (AvgIpc) is 2.56. The van der Waals surface area contributed by atoms with Gasteiger partial charge in [0.1, 0.15) is 5.69 Å². The third kappa shape index (κ3) is 1.76. The standard InChI is InChI=1S/C13H11F2N3/c1-7-8(2)17-18(9(7)3)13-11(14)4-10(6-16)5-12(13)15/h4-5H,1-3H3. The SMILES string of the molecule is Cc1nn(-c2c(F)cc(C#N)cc2F)c(C)c1C. The van der Waals surface area contributed by atoms with E-state index in [1.165, 1.54) is 4.68 Å². The Morgan fingerprint density at radius 1 is 1.17 bits per heavy atom. The van der Waals surface area contributed by atoms with Crippen LogP contribution >= 0.6 is 0 Å². The van der Waals surface area contributed by atoms with Crippen LogP contribution in [0.1, 0.15) is 22.5 Å². The smallest absolute Gasteiger partial charge is 0.153 e. The van der Waals surface area contributed by atoms with Crippen LogP contribution in [0.4, 0.5) is 8.78 Å². The van der Waals surface area contributed by atoms with E-state index in [4.69, 9.17) is 5.26 Å². The highest BCUT2D eigenvalue weighted by Gasteiger charge is 2.17. The molecule has 0 N–H and O–H groups in total. The van der Waals surface area contributed by atoms with Gasteiger partial charge in [-0.1, -0.05) is 0 Å². The molecule has 0 amide bonds. The minimum atomic E-state index is -0.794. The first-order valence-electron chi connectivity index (χ1n) is 5.38. The van der Waals surface area contributed by atoms with Gasteiger partial charge < -0.3 is 0 Å². The van der Waals surface area contributed by atoms with Gasteiger partial charge >= 0.3 is 0 Å². The van der Waals surface area contributed by atoms with E-state index in [0.717, 1.165) is 23.4 Å². The van der Waals surface area contributed by atoms with Gasteiger partial charge in [0.15, 0.2) is 11.6 Å². The largest absolute Gasteiger partial charge is 0.232 e. The number of benzene rings is 1. The number of hydrogen-bond donors (Lipinski definition) is 0. The van der Waals surface area contributed by atoms with Crippen LogP contribution in [0.25, 0.3) is 5.69 Å². The van der Waals surface area contributed by atoms with Crippen LogP contribution in [0.2, 0.25) is 0 Å². The van der Waals surface area contributed by atoms with Crippen molar-refractivity contribution in [2.75, 3.05) is 0 Å². The summed E-state index contributed by atoms with van der Waals surface area (Å²) in [6.07, 6.45) is 0. The van der Waals surface area contributed by atoms with Crippen molar-refractivity contribution in [2.24, 2.45) is 0 Å². The highest BCUT2D eigenvalue weighted by Crippen LogP contribution is 2.23. The van der Waals surface area contributed by atoms with Gasteiger partial charge in [0.05, 0.1) is 17.3 Å². The average molecular weight is 247 g/mol. The molecule has 0 saturated heterocycles. The van der Waals surface area contributed by atoms with Crippen LogP contribution in [0.5, 0.6) is 0 Å². The summed E-state index contributed by atoms with van der Waals surface area (Å²) in [5.74, 6) is -1.59. The molecular weight excluding hydrogens is 236 g/mol. The van der Waals surface area contributed by atoms with Crippen molar-refractivity contribution in [2.45, 2.75) is 20.8 Å². The summed E-state index contributed by atoms with van der Waals surface area (Å²) >= 11 is 0. The van der Waals surface area contributed by atoms with Gasteiger partial charge in [-0.2, -0.15) is 10.4 Å². The van der Waals surface area contributed by atoms with Crippen LogP contribution in [-0.2, 0) is 0 Å². The molecule has 0 bridgehead atoms. The summed E-state index contributed by atoms with van der Waals surface area (Å²) < 4.78 is 28.9. The quantitative estimate of drug-likeness (QED) is 0.777. The minimum Gasteiger partial charge on any atom is -0.232 e. The first-order chi connectivity index (χ1) is 8.45. The van der Waals surface area contributed by atoms with Crippen molar-refractivity contribution < 1.29 is 8.78 Å². The lowest BCUT2D eigenvalue weighted by atomic mass is 10.2. The molecule has 0 radical (unpaired) electrons. The van der Waals surface area contributed by atoms with E-state index < -0.39 is 11.6 Å². The second kappa shape index (κ2) is 4.22. The van der Waals surface area contributed by atoms with Gasteiger partial charge in [-0.25, -0.2) is 13.5 Å². The number of rotatable bonds is 1. The summed E-state index contributed by atoms with van der Waals surface area (Å²) in [5, 5.41) is 12.8. The second-order valence-corrected chi connectivity index (χ2v) is 4.11. The summed E-state index contributed by atoms with van der Waals surface area (Å²) in [5.41, 5.74) is 1.98. The van der Waals surface area contributed by atoms with Crippen LogP contribution in [0, 0.1) is 43.7 Å². The van der Waals surface area contributed by atoms with E-state index in [1.807, 2.05) is 6.92 Å². The molecule has 2 aromatic rings. The zero-order valence-electron chi connectivity index (χ0n) is 10.3. The molecule has 0 unspecified atom stereocenters. The van der Waals surface area contributed by atoms with Crippen LogP contribution in [-0.4, -0.2) is 9.78 Å². The number of nitriles is 1. The molecule has 2 rings (SSSR count). The highest BCUT2D eigenvalue weighted by molar-refractivity contribution is 5.44. The molecule has 18 heavy (non-hydrogen) atoms. The molecule has 92 valence electrons. The fraction of sp³-hybridized carbons (Fsp3) is 0.231. The molecule has 0 atom stereocenters. The van der Waals surface area contributed by atoms with Crippen molar-refractivity contribution in [1.82, 2.24) is 9.78 Å². The van der Waals surface area contributed by atoms with E-state index in [0.29, 0.717) is 5.69 Å². The Morgan fingerprint density at radius 2 is 1.72 bits per heavy atom. The maximum Gasteiger partial charge on any atom is 0.153 e. The highest BCUT2D eigenvalue weighted by atomic mass is 19.1. The Hall–Kier alpha value is -2.22.